The van der Waals surface area contributed by atoms with Crippen LogP contribution in [0.5, 0.6) is 5.75 Å². The van der Waals surface area contributed by atoms with E-state index in [2.05, 4.69) is 5.10 Å². The molecule has 0 aliphatic carbocycles. The van der Waals surface area contributed by atoms with E-state index in [0.717, 1.165) is 5.56 Å². The molecule has 1 aromatic heterocycles. The van der Waals surface area contributed by atoms with Gasteiger partial charge < -0.3 is 10.5 Å². The number of ether oxygens (including phenoxy) is 1. The highest BCUT2D eigenvalue weighted by atomic mass is 19.1. The lowest BCUT2D eigenvalue weighted by atomic mass is 10.2. The number of nitrogens with two attached hydrogens (primary N) is 1. The van der Waals surface area contributed by atoms with Crippen LogP contribution in [0.1, 0.15) is 11.1 Å². The Bertz CT molecular complexity index is 510. The van der Waals surface area contributed by atoms with Gasteiger partial charge in [-0.05, 0) is 6.07 Å². The van der Waals surface area contributed by atoms with E-state index >= 15 is 0 Å². The Kier molecular flexibility index (Phi) is 3.39. The quantitative estimate of drug-likeness (QED) is 0.875. The van der Waals surface area contributed by atoms with E-state index < -0.39 is 5.82 Å². The zero-order valence-electron chi connectivity index (χ0n) is 9.56. The van der Waals surface area contributed by atoms with Gasteiger partial charge >= 0.3 is 0 Å². The number of aryl methyl sites for hydroxylation is 1. The van der Waals surface area contributed by atoms with Crippen LogP contribution < -0.4 is 10.5 Å². The molecular formula is C12H14FN3O. The summed E-state index contributed by atoms with van der Waals surface area (Å²) in [6.45, 7) is 0.530. The van der Waals surface area contributed by atoms with Gasteiger partial charge in [-0.1, -0.05) is 12.1 Å². The number of hydrogen-bond acceptors (Lipinski definition) is 3. The Morgan fingerprint density at radius 1 is 1.47 bits per heavy atom. The Hall–Kier alpha value is -1.88. The molecule has 0 unspecified atom stereocenters. The summed E-state index contributed by atoms with van der Waals surface area (Å²) in [5.74, 6) is -0.171. The van der Waals surface area contributed by atoms with Gasteiger partial charge in [0.25, 0.3) is 0 Å². The molecular weight excluding hydrogens is 221 g/mol. The van der Waals surface area contributed by atoms with Gasteiger partial charge in [-0.15, -0.1) is 0 Å². The maximum Gasteiger partial charge on any atom is 0.165 e. The van der Waals surface area contributed by atoms with Crippen molar-refractivity contribution in [2.75, 3.05) is 0 Å². The van der Waals surface area contributed by atoms with Crippen LogP contribution in [0.2, 0.25) is 0 Å². The van der Waals surface area contributed by atoms with Gasteiger partial charge in [-0.2, -0.15) is 5.10 Å². The lowest BCUT2D eigenvalue weighted by Gasteiger charge is -2.10. The van der Waals surface area contributed by atoms with E-state index in [-0.39, 0.29) is 18.9 Å². The molecule has 5 heteroatoms. The molecule has 1 aromatic carbocycles. The first-order valence-corrected chi connectivity index (χ1v) is 5.28. The molecule has 17 heavy (non-hydrogen) atoms. The van der Waals surface area contributed by atoms with Gasteiger partial charge in [-0.25, -0.2) is 4.39 Å². The Morgan fingerprint density at radius 3 is 2.94 bits per heavy atom. The van der Waals surface area contributed by atoms with E-state index in [0.29, 0.717) is 5.56 Å². The lowest BCUT2D eigenvalue weighted by Crippen LogP contribution is -2.04. The van der Waals surface area contributed by atoms with E-state index in [1.54, 1.807) is 23.0 Å². The minimum atomic E-state index is -0.392. The molecule has 4 nitrogen and oxygen atoms in total. The molecule has 2 aromatic rings. The Balaban J connectivity index is 2.13. The van der Waals surface area contributed by atoms with Crippen molar-refractivity contribution in [2.24, 2.45) is 12.8 Å². The van der Waals surface area contributed by atoms with Crippen LogP contribution in [0.4, 0.5) is 4.39 Å². The SMILES string of the molecule is Cn1cc(COc2c(F)cccc2CN)cn1. The number of nitrogens with zero attached hydrogens (tertiary/aromatic N) is 2. The van der Waals surface area contributed by atoms with Gasteiger partial charge in [0, 0.05) is 30.9 Å². The number of aromatic nitrogens is 2. The van der Waals surface area contributed by atoms with Gasteiger partial charge in [0.05, 0.1) is 6.20 Å². The van der Waals surface area contributed by atoms with Crippen molar-refractivity contribution in [3.63, 3.8) is 0 Å². The first-order chi connectivity index (χ1) is 8.20. The van der Waals surface area contributed by atoms with Crippen LogP contribution in [0.25, 0.3) is 0 Å². The summed E-state index contributed by atoms with van der Waals surface area (Å²) in [6.07, 6.45) is 3.51. The predicted octanol–water partition coefficient (Wildman–Crippen LogP) is 1.60. The highest BCUT2D eigenvalue weighted by Gasteiger charge is 2.09. The van der Waals surface area contributed by atoms with Gasteiger partial charge in [0.1, 0.15) is 6.61 Å². The molecule has 2 N–H and O–H groups in total. The highest BCUT2D eigenvalue weighted by molar-refractivity contribution is 5.34. The van der Waals surface area contributed by atoms with Crippen molar-refractivity contribution in [3.05, 3.63) is 47.5 Å². The van der Waals surface area contributed by atoms with E-state index in [1.165, 1.54) is 6.07 Å². The Morgan fingerprint density at radius 2 is 2.29 bits per heavy atom. The number of benzene rings is 1. The minimum Gasteiger partial charge on any atom is -0.485 e. The van der Waals surface area contributed by atoms with Crippen molar-refractivity contribution < 1.29 is 9.13 Å². The average Bonchev–Trinajstić information content (AvgIpc) is 2.73. The molecule has 0 fully saturated rings. The summed E-state index contributed by atoms with van der Waals surface area (Å²) in [5, 5.41) is 4.01. The second-order valence-electron chi connectivity index (χ2n) is 3.74. The second-order valence-corrected chi connectivity index (χ2v) is 3.74. The van der Waals surface area contributed by atoms with Crippen LogP contribution in [0, 0.1) is 5.82 Å². The number of rotatable bonds is 4. The van der Waals surface area contributed by atoms with Crippen molar-refractivity contribution in [1.29, 1.82) is 0 Å². The number of para-hydroxylation sites is 1. The van der Waals surface area contributed by atoms with Crippen molar-refractivity contribution in [3.8, 4) is 5.75 Å². The van der Waals surface area contributed by atoms with Gasteiger partial charge in [0.15, 0.2) is 11.6 Å². The summed E-state index contributed by atoms with van der Waals surface area (Å²) in [7, 11) is 1.82. The number of hydrogen-bond donors (Lipinski definition) is 1. The molecule has 0 amide bonds. The first-order valence-electron chi connectivity index (χ1n) is 5.28. The molecule has 0 saturated heterocycles. The summed E-state index contributed by atoms with van der Waals surface area (Å²) < 4.78 is 20.7. The van der Waals surface area contributed by atoms with Crippen molar-refractivity contribution >= 4 is 0 Å². The molecule has 0 radical (unpaired) electrons. The zero-order chi connectivity index (χ0) is 12.3. The minimum absolute atomic E-state index is 0.221. The van der Waals surface area contributed by atoms with Gasteiger partial charge in [-0.3, -0.25) is 4.68 Å². The molecule has 90 valence electrons. The summed E-state index contributed by atoms with van der Waals surface area (Å²) in [4.78, 5) is 0. The largest absolute Gasteiger partial charge is 0.485 e. The standard InChI is InChI=1S/C12H14FN3O/c1-16-7-9(6-15-16)8-17-12-10(5-14)3-2-4-11(12)13/h2-4,6-7H,5,8,14H2,1H3. The monoisotopic (exact) mass is 235 g/mol. The molecule has 0 saturated carbocycles. The molecule has 1 heterocycles. The van der Waals surface area contributed by atoms with Crippen molar-refractivity contribution in [1.82, 2.24) is 9.78 Å². The smallest absolute Gasteiger partial charge is 0.165 e. The normalized spacial score (nSPS) is 10.5. The van der Waals surface area contributed by atoms with E-state index in [9.17, 15) is 4.39 Å². The molecule has 2 rings (SSSR count). The molecule has 0 aliphatic rings. The maximum absolute atomic E-state index is 13.5. The fourth-order valence-corrected chi connectivity index (χ4v) is 1.58. The lowest BCUT2D eigenvalue weighted by molar-refractivity contribution is 0.287. The topological polar surface area (TPSA) is 53.1 Å². The molecule has 0 spiro atoms. The molecule has 0 atom stereocenters. The van der Waals surface area contributed by atoms with Crippen LogP contribution >= 0.6 is 0 Å². The Labute approximate surface area is 98.8 Å². The summed E-state index contributed by atoms with van der Waals surface area (Å²) in [6, 6.07) is 4.73. The van der Waals surface area contributed by atoms with Crippen LogP contribution in [-0.4, -0.2) is 9.78 Å². The second kappa shape index (κ2) is 4.97. The predicted molar refractivity (Wildman–Crippen MR) is 61.8 cm³/mol. The molecule has 0 bridgehead atoms. The third-order valence-electron chi connectivity index (χ3n) is 2.41. The van der Waals surface area contributed by atoms with Crippen molar-refractivity contribution in [2.45, 2.75) is 13.2 Å². The number of halogens is 1. The van der Waals surface area contributed by atoms with Crippen LogP contribution in [0.15, 0.2) is 30.6 Å². The van der Waals surface area contributed by atoms with Crippen LogP contribution in [0.3, 0.4) is 0 Å². The summed E-state index contributed by atoms with van der Waals surface area (Å²) in [5.41, 5.74) is 7.08. The fraction of sp³-hybridized carbons (Fsp3) is 0.250. The molecule has 0 aliphatic heterocycles. The third-order valence-corrected chi connectivity index (χ3v) is 2.41. The zero-order valence-corrected chi connectivity index (χ0v) is 9.56. The van der Waals surface area contributed by atoms with E-state index in [1.807, 2.05) is 13.2 Å². The third kappa shape index (κ3) is 2.62. The fourth-order valence-electron chi connectivity index (χ4n) is 1.58. The van der Waals surface area contributed by atoms with Gasteiger partial charge in [0.2, 0.25) is 0 Å². The van der Waals surface area contributed by atoms with E-state index in [4.69, 9.17) is 10.5 Å². The first kappa shape index (κ1) is 11.6. The summed E-state index contributed by atoms with van der Waals surface area (Å²) >= 11 is 0. The van der Waals surface area contributed by atoms with Crippen LogP contribution in [-0.2, 0) is 20.2 Å². The maximum atomic E-state index is 13.5. The average molecular weight is 235 g/mol. The highest BCUT2D eigenvalue weighted by Crippen LogP contribution is 2.23.